The van der Waals surface area contributed by atoms with Gasteiger partial charge in [0.15, 0.2) is 11.3 Å². The van der Waals surface area contributed by atoms with E-state index >= 15 is 0 Å². The van der Waals surface area contributed by atoms with Crippen molar-refractivity contribution in [3.05, 3.63) is 65.6 Å². The maximum Gasteiger partial charge on any atom is 0.274 e. The second-order valence-corrected chi connectivity index (χ2v) is 5.70. The van der Waals surface area contributed by atoms with E-state index in [1.165, 1.54) is 0 Å². The topological polar surface area (TPSA) is 59.7 Å². The first-order chi connectivity index (χ1) is 12.3. The number of nitrogens with zero attached hydrogens (tertiary/aromatic N) is 4. The number of rotatable bonds is 1. The summed E-state index contributed by atoms with van der Waals surface area (Å²) in [6.07, 6.45) is 3.48. The van der Waals surface area contributed by atoms with E-state index in [2.05, 4.69) is 21.9 Å². The molecule has 0 spiro atoms. The largest absolute Gasteiger partial charge is 0.378 e. The number of carbonyl (C=O) groups excluding carboxylic acids is 1. The van der Waals surface area contributed by atoms with Gasteiger partial charge in [-0.25, -0.2) is 9.50 Å². The van der Waals surface area contributed by atoms with Crippen molar-refractivity contribution in [3.63, 3.8) is 0 Å². The van der Waals surface area contributed by atoms with Crippen LogP contribution in [-0.4, -0.2) is 51.7 Å². The third kappa shape index (κ3) is 3.37. The first kappa shape index (κ1) is 15.4. The van der Waals surface area contributed by atoms with Gasteiger partial charge in [-0.15, -0.1) is 0 Å². The molecule has 6 heteroatoms. The molecule has 1 saturated heterocycles. The Balaban J connectivity index is 1.59. The van der Waals surface area contributed by atoms with Crippen LogP contribution >= 0.6 is 0 Å². The fourth-order valence-electron chi connectivity index (χ4n) is 2.64. The highest BCUT2D eigenvalue weighted by Crippen LogP contribution is 2.10. The number of ether oxygens (including phenoxy) is 1. The number of hydrogen-bond donors (Lipinski definition) is 0. The lowest BCUT2D eigenvalue weighted by Crippen LogP contribution is -2.40. The molecule has 0 saturated carbocycles. The van der Waals surface area contributed by atoms with Crippen molar-refractivity contribution in [2.75, 3.05) is 26.3 Å². The molecule has 2 aromatic heterocycles. The summed E-state index contributed by atoms with van der Waals surface area (Å²) >= 11 is 0. The van der Waals surface area contributed by atoms with E-state index in [0.29, 0.717) is 37.6 Å². The monoisotopic (exact) mass is 332 g/mol. The highest BCUT2D eigenvalue weighted by molar-refractivity contribution is 5.93. The number of fused-ring (bicyclic) bond motifs is 1. The molecule has 4 rings (SSSR count). The van der Waals surface area contributed by atoms with Crippen molar-refractivity contribution in [2.45, 2.75) is 0 Å². The van der Waals surface area contributed by atoms with Crippen LogP contribution in [0, 0.1) is 11.8 Å². The molecule has 1 fully saturated rings. The third-order valence-corrected chi connectivity index (χ3v) is 3.96. The molecule has 1 amide bonds. The van der Waals surface area contributed by atoms with Crippen molar-refractivity contribution < 1.29 is 9.53 Å². The van der Waals surface area contributed by atoms with Crippen LogP contribution in [0.2, 0.25) is 0 Å². The van der Waals surface area contributed by atoms with Crippen LogP contribution in [0.3, 0.4) is 0 Å². The Kier molecular flexibility index (Phi) is 4.15. The lowest BCUT2D eigenvalue weighted by Gasteiger charge is -2.25. The second-order valence-electron chi connectivity index (χ2n) is 5.70. The molecule has 0 radical (unpaired) electrons. The molecule has 1 aliphatic rings. The summed E-state index contributed by atoms with van der Waals surface area (Å²) < 4.78 is 6.88. The second kappa shape index (κ2) is 6.75. The highest BCUT2D eigenvalue weighted by Gasteiger charge is 2.21. The normalized spacial score (nSPS) is 14.2. The van der Waals surface area contributed by atoms with E-state index in [0.717, 1.165) is 11.1 Å². The Morgan fingerprint density at radius 2 is 1.84 bits per heavy atom. The van der Waals surface area contributed by atoms with Gasteiger partial charge in [-0.3, -0.25) is 4.79 Å². The maximum atomic E-state index is 12.5. The highest BCUT2D eigenvalue weighted by atomic mass is 16.5. The number of amides is 1. The zero-order valence-electron chi connectivity index (χ0n) is 13.6. The Hall–Kier alpha value is -3.17. The van der Waals surface area contributed by atoms with Crippen LogP contribution in [0.1, 0.15) is 21.6 Å². The molecule has 0 atom stereocenters. The molecule has 1 aliphatic heterocycles. The van der Waals surface area contributed by atoms with E-state index in [-0.39, 0.29) is 5.91 Å². The fourth-order valence-corrected chi connectivity index (χ4v) is 2.64. The molecule has 25 heavy (non-hydrogen) atoms. The van der Waals surface area contributed by atoms with Gasteiger partial charge in [0.1, 0.15) is 0 Å². The minimum absolute atomic E-state index is 0.0919. The van der Waals surface area contributed by atoms with Gasteiger partial charge in [-0.05, 0) is 12.1 Å². The van der Waals surface area contributed by atoms with Gasteiger partial charge in [0.25, 0.3) is 5.91 Å². The lowest BCUT2D eigenvalue weighted by molar-refractivity contribution is 0.0299. The first-order valence-corrected chi connectivity index (χ1v) is 8.09. The van der Waals surface area contributed by atoms with Crippen molar-refractivity contribution in [1.29, 1.82) is 0 Å². The SMILES string of the molecule is O=C(c1cc2ncc(C#Cc3ccccc3)cn2n1)N1CCOCC1. The molecule has 0 unspecified atom stereocenters. The van der Waals surface area contributed by atoms with Gasteiger partial charge in [-0.2, -0.15) is 5.10 Å². The third-order valence-electron chi connectivity index (χ3n) is 3.96. The van der Waals surface area contributed by atoms with Crippen LogP contribution < -0.4 is 0 Å². The summed E-state index contributed by atoms with van der Waals surface area (Å²) in [5, 5.41) is 4.36. The fraction of sp³-hybridized carbons (Fsp3) is 0.211. The molecule has 3 heterocycles. The van der Waals surface area contributed by atoms with E-state index in [4.69, 9.17) is 4.74 Å². The van der Waals surface area contributed by atoms with Crippen molar-refractivity contribution >= 4 is 11.6 Å². The van der Waals surface area contributed by atoms with Gasteiger partial charge in [0.05, 0.1) is 18.8 Å². The van der Waals surface area contributed by atoms with E-state index < -0.39 is 0 Å². The van der Waals surface area contributed by atoms with Gasteiger partial charge < -0.3 is 9.64 Å². The minimum Gasteiger partial charge on any atom is -0.378 e. The Morgan fingerprint density at radius 1 is 1.08 bits per heavy atom. The van der Waals surface area contributed by atoms with Gasteiger partial charge in [-0.1, -0.05) is 30.0 Å². The summed E-state index contributed by atoms with van der Waals surface area (Å²) in [6, 6.07) is 11.4. The summed E-state index contributed by atoms with van der Waals surface area (Å²) in [6.45, 7) is 2.31. The van der Waals surface area contributed by atoms with Crippen molar-refractivity contribution in [3.8, 4) is 11.8 Å². The van der Waals surface area contributed by atoms with Crippen LogP contribution in [-0.2, 0) is 4.74 Å². The van der Waals surface area contributed by atoms with Crippen molar-refractivity contribution in [2.24, 2.45) is 0 Å². The average molecular weight is 332 g/mol. The summed E-state index contributed by atoms with van der Waals surface area (Å²) in [5.41, 5.74) is 2.69. The number of hydrogen-bond acceptors (Lipinski definition) is 4. The molecular formula is C19H16N4O2. The maximum absolute atomic E-state index is 12.5. The summed E-state index contributed by atoms with van der Waals surface area (Å²) in [7, 11) is 0. The number of carbonyl (C=O) groups is 1. The number of benzene rings is 1. The van der Waals surface area contributed by atoms with Gasteiger partial charge in [0, 0.05) is 37.1 Å². The first-order valence-electron chi connectivity index (χ1n) is 8.09. The molecule has 0 bridgehead atoms. The number of morpholine rings is 1. The van der Waals surface area contributed by atoms with Gasteiger partial charge in [0.2, 0.25) is 0 Å². The zero-order chi connectivity index (χ0) is 17.1. The van der Waals surface area contributed by atoms with Crippen molar-refractivity contribution in [1.82, 2.24) is 19.5 Å². The van der Waals surface area contributed by atoms with E-state index in [1.54, 1.807) is 27.9 Å². The van der Waals surface area contributed by atoms with Crippen LogP contribution in [0.5, 0.6) is 0 Å². The quantitative estimate of drug-likeness (QED) is 0.635. The minimum atomic E-state index is -0.0919. The lowest BCUT2D eigenvalue weighted by atomic mass is 10.2. The molecule has 0 N–H and O–H groups in total. The molecule has 124 valence electrons. The Morgan fingerprint density at radius 3 is 2.64 bits per heavy atom. The smallest absolute Gasteiger partial charge is 0.274 e. The summed E-state index contributed by atoms with van der Waals surface area (Å²) in [5.74, 6) is 6.06. The van der Waals surface area contributed by atoms with Crippen LogP contribution in [0.4, 0.5) is 0 Å². The van der Waals surface area contributed by atoms with Gasteiger partial charge >= 0.3 is 0 Å². The predicted octanol–water partition coefficient (Wildman–Crippen LogP) is 1.60. The zero-order valence-corrected chi connectivity index (χ0v) is 13.6. The van der Waals surface area contributed by atoms with E-state index in [9.17, 15) is 4.79 Å². The molecule has 6 nitrogen and oxygen atoms in total. The number of aromatic nitrogens is 3. The van der Waals surface area contributed by atoms with Crippen LogP contribution in [0.25, 0.3) is 5.65 Å². The average Bonchev–Trinajstić information content (AvgIpc) is 3.10. The Labute approximate surface area is 145 Å². The molecular weight excluding hydrogens is 316 g/mol. The molecule has 3 aromatic rings. The van der Waals surface area contributed by atoms with E-state index in [1.807, 2.05) is 30.3 Å². The standard InChI is InChI=1S/C19H16N4O2/c24-19(22-8-10-25-11-9-22)17-12-18-20-13-16(14-23(18)21-17)7-6-15-4-2-1-3-5-15/h1-5,12-14H,8-11H2. The molecule has 0 aliphatic carbocycles. The molecule has 1 aromatic carbocycles. The Bertz CT molecular complexity index is 963. The predicted molar refractivity (Wildman–Crippen MR) is 92.1 cm³/mol. The van der Waals surface area contributed by atoms with Crippen LogP contribution in [0.15, 0.2) is 48.8 Å². The summed E-state index contributed by atoms with van der Waals surface area (Å²) in [4.78, 5) is 18.6.